The Labute approximate surface area is 131 Å². The molecule has 0 radical (unpaired) electrons. The highest BCUT2D eigenvalue weighted by Crippen LogP contribution is 2.18. The van der Waals surface area contributed by atoms with E-state index < -0.39 is 0 Å². The molecule has 1 aromatic carbocycles. The SMILES string of the molecule is CCCCCCCCOc1ccccc1CNCC(C)C. The first-order chi connectivity index (χ1) is 10.2. The van der Waals surface area contributed by atoms with Crippen molar-refractivity contribution >= 4 is 0 Å². The fourth-order valence-electron chi connectivity index (χ4n) is 2.35. The van der Waals surface area contributed by atoms with Crippen LogP contribution in [0.2, 0.25) is 0 Å². The summed E-state index contributed by atoms with van der Waals surface area (Å²) in [4.78, 5) is 0. The first kappa shape index (κ1) is 18.0. The molecule has 0 aliphatic carbocycles. The van der Waals surface area contributed by atoms with Crippen molar-refractivity contribution in [1.29, 1.82) is 0 Å². The number of unbranched alkanes of at least 4 members (excludes halogenated alkanes) is 5. The molecule has 1 aromatic rings. The van der Waals surface area contributed by atoms with Crippen molar-refractivity contribution in [2.45, 2.75) is 65.8 Å². The van der Waals surface area contributed by atoms with Crippen molar-refractivity contribution in [2.75, 3.05) is 13.2 Å². The summed E-state index contributed by atoms with van der Waals surface area (Å²) < 4.78 is 5.96. The molecule has 120 valence electrons. The van der Waals surface area contributed by atoms with Crippen LogP contribution in [0.25, 0.3) is 0 Å². The van der Waals surface area contributed by atoms with Gasteiger partial charge in [0, 0.05) is 12.1 Å². The van der Waals surface area contributed by atoms with E-state index in [1.54, 1.807) is 0 Å². The Hall–Kier alpha value is -1.02. The third-order valence-corrected chi connectivity index (χ3v) is 3.60. The molecule has 0 spiro atoms. The van der Waals surface area contributed by atoms with E-state index in [9.17, 15) is 0 Å². The molecule has 0 saturated carbocycles. The number of para-hydroxylation sites is 1. The highest BCUT2D eigenvalue weighted by atomic mass is 16.5. The van der Waals surface area contributed by atoms with Gasteiger partial charge in [0.05, 0.1) is 6.61 Å². The lowest BCUT2D eigenvalue weighted by Gasteiger charge is -2.13. The van der Waals surface area contributed by atoms with Gasteiger partial charge in [0.1, 0.15) is 5.75 Å². The second-order valence-corrected chi connectivity index (χ2v) is 6.25. The van der Waals surface area contributed by atoms with Crippen molar-refractivity contribution < 1.29 is 4.74 Å². The van der Waals surface area contributed by atoms with Crippen LogP contribution >= 0.6 is 0 Å². The zero-order valence-corrected chi connectivity index (χ0v) is 14.2. The highest BCUT2D eigenvalue weighted by molar-refractivity contribution is 5.33. The Morgan fingerprint density at radius 3 is 2.48 bits per heavy atom. The number of nitrogens with one attached hydrogen (secondary N) is 1. The summed E-state index contributed by atoms with van der Waals surface area (Å²) in [6, 6.07) is 8.39. The largest absolute Gasteiger partial charge is 0.493 e. The van der Waals surface area contributed by atoms with Gasteiger partial charge in [-0.2, -0.15) is 0 Å². The van der Waals surface area contributed by atoms with Gasteiger partial charge in [0.25, 0.3) is 0 Å². The molecule has 2 heteroatoms. The average molecular weight is 291 g/mol. The van der Waals surface area contributed by atoms with E-state index in [0.29, 0.717) is 5.92 Å². The van der Waals surface area contributed by atoms with Gasteiger partial charge >= 0.3 is 0 Å². The van der Waals surface area contributed by atoms with E-state index in [0.717, 1.165) is 31.9 Å². The molecule has 0 aromatic heterocycles. The van der Waals surface area contributed by atoms with Crippen LogP contribution in [0.15, 0.2) is 24.3 Å². The van der Waals surface area contributed by atoms with Gasteiger partial charge in [0.15, 0.2) is 0 Å². The van der Waals surface area contributed by atoms with Crippen molar-refractivity contribution in [3.8, 4) is 5.75 Å². The second-order valence-electron chi connectivity index (χ2n) is 6.25. The lowest BCUT2D eigenvalue weighted by molar-refractivity contribution is 0.300. The first-order valence-corrected chi connectivity index (χ1v) is 8.65. The first-order valence-electron chi connectivity index (χ1n) is 8.65. The van der Waals surface area contributed by atoms with Gasteiger partial charge in [0.2, 0.25) is 0 Å². The monoisotopic (exact) mass is 291 g/mol. The van der Waals surface area contributed by atoms with Gasteiger partial charge in [-0.3, -0.25) is 0 Å². The summed E-state index contributed by atoms with van der Waals surface area (Å²) in [6.45, 7) is 9.50. The maximum atomic E-state index is 5.96. The molecule has 0 atom stereocenters. The molecule has 0 aliphatic heterocycles. The van der Waals surface area contributed by atoms with Gasteiger partial charge < -0.3 is 10.1 Å². The number of hydrogen-bond donors (Lipinski definition) is 1. The summed E-state index contributed by atoms with van der Waals surface area (Å²) in [5, 5.41) is 3.49. The van der Waals surface area contributed by atoms with Gasteiger partial charge in [-0.1, -0.05) is 71.1 Å². The quantitative estimate of drug-likeness (QED) is 0.536. The number of rotatable bonds is 12. The number of benzene rings is 1. The summed E-state index contributed by atoms with van der Waals surface area (Å²) in [5.41, 5.74) is 1.27. The van der Waals surface area contributed by atoms with Crippen molar-refractivity contribution in [1.82, 2.24) is 5.32 Å². The van der Waals surface area contributed by atoms with Crippen LogP contribution in [0, 0.1) is 5.92 Å². The normalized spacial score (nSPS) is 11.0. The predicted molar refractivity (Wildman–Crippen MR) is 91.9 cm³/mol. The third-order valence-electron chi connectivity index (χ3n) is 3.60. The molecular formula is C19H33NO. The molecule has 0 aliphatic rings. The summed E-state index contributed by atoms with van der Waals surface area (Å²) in [5.74, 6) is 1.73. The lowest BCUT2D eigenvalue weighted by atomic mass is 10.1. The highest BCUT2D eigenvalue weighted by Gasteiger charge is 2.03. The third kappa shape index (κ3) is 8.77. The predicted octanol–water partition coefficient (Wildman–Crippen LogP) is 5.17. The maximum Gasteiger partial charge on any atom is 0.123 e. The maximum absolute atomic E-state index is 5.96. The second kappa shape index (κ2) is 11.6. The smallest absolute Gasteiger partial charge is 0.123 e. The Kier molecular flexibility index (Phi) is 9.98. The van der Waals surface area contributed by atoms with Gasteiger partial charge in [-0.25, -0.2) is 0 Å². The van der Waals surface area contributed by atoms with Crippen LogP contribution in [0.3, 0.4) is 0 Å². The van der Waals surface area contributed by atoms with Crippen LogP contribution in [0.5, 0.6) is 5.75 Å². The molecular weight excluding hydrogens is 258 g/mol. The van der Waals surface area contributed by atoms with Crippen LogP contribution in [0.4, 0.5) is 0 Å². The molecule has 0 heterocycles. The Balaban J connectivity index is 2.24. The van der Waals surface area contributed by atoms with Gasteiger partial charge in [-0.15, -0.1) is 0 Å². The molecule has 2 nitrogen and oxygen atoms in total. The molecule has 0 bridgehead atoms. The fourth-order valence-corrected chi connectivity index (χ4v) is 2.35. The summed E-state index contributed by atoms with van der Waals surface area (Å²) in [6.07, 6.45) is 7.84. The number of hydrogen-bond acceptors (Lipinski definition) is 2. The van der Waals surface area contributed by atoms with Gasteiger partial charge in [-0.05, 0) is 24.9 Å². The van der Waals surface area contributed by atoms with Crippen molar-refractivity contribution in [2.24, 2.45) is 5.92 Å². The zero-order chi connectivity index (χ0) is 15.3. The fraction of sp³-hybridized carbons (Fsp3) is 0.684. The minimum absolute atomic E-state index is 0.682. The minimum atomic E-state index is 0.682. The molecule has 1 rings (SSSR count). The Morgan fingerprint density at radius 2 is 1.71 bits per heavy atom. The van der Waals surface area contributed by atoms with E-state index in [2.05, 4.69) is 50.4 Å². The average Bonchev–Trinajstić information content (AvgIpc) is 2.47. The zero-order valence-electron chi connectivity index (χ0n) is 14.2. The summed E-state index contributed by atoms with van der Waals surface area (Å²) >= 11 is 0. The van der Waals surface area contributed by atoms with Crippen LogP contribution < -0.4 is 10.1 Å². The molecule has 0 unspecified atom stereocenters. The molecule has 0 saturated heterocycles. The Morgan fingerprint density at radius 1 is 1.00 bits per heavy atom. The lowest BCUT2D eigenvalue weighted by Crippen LogP contribution is -2.19. The molecule has 0 amide bonds. The van der Waals surface area contributed by atoms with E-state index in [1.165, 1.54) is 37.7 Å². The Bertz CT molecular complexity index is 362. The van der Waals surface area contributed by atoms with Crippen molar-refractivity contribution in [3.63, 3.8) is 0 Å². The van der Waals surface area contributed by atoms with E-state index in [1.807, 2.05) is 0 Å². The summed E-state index contributed by atoms with van der Waals surface area (Å²) in [7, 11) is 0. The molecule has 21 heavy (non-hydrogen) atoms. The van der Waals surface area contributed by atoms with Crippen LogP contribution in [-0.2, 0) is 6.54 Å². The number of ether oxygens (including phenoxy) is 1. The van der Waals surface area contributed by atoms with E-state index >= 15 is 0 Å². The molecule has 0 fully saturated rings. The van der Waals surface area contributed by atoms with E-state index in [-0.39, 0.29) is 0 Å². The minimum Gasteiger partial charge on any atom is -0.493 e. The topological polar surface area (TPSA) is 21.3 Å². The molecule has 1 N–H and O–H groups in total. The standard InChI is InChI=1S/C19H33NO/c1-4-5-6-7-8-11-14-21-19-13-10-9-12-18(19)16-20-15-17(2)3/h9-10,12-13,17,20H,4-8,11,14-16H2,1-3H3. The van der Waals surface area contributed by atoms with E-state index in [4.69, 9.17) is 4.74 Å². The van der Waals surface area contributed by atoms with Crippen molar-refractivity contribution in [3.05, 3.63) is 29.8 Å². The van der Waals surface area contributed by atoms with Crippen LogP contribution in [0.1, 0.15) is 64.9 Å². The van der Waals surface area contributed by atoms with Crippen LogP contribution in [-0.4, -0.2) is 13.2 Å².